The molecule has 0 spiro atoms. The molecule has 22 heavy (non-hydrogen) atoms. The van der Waals surface area contributed by atoms with Gasteiger partial charge in [0, 0.05) is 12.5 Å². The second-order valence-electron chi connectivity index (χ2n) is 5.07. The van der Waals surface area contributed by atoms with Gasteiger partial charge in [-0.25, -0.2) is 4.98 Å². The summed E-state index contributed by atoms with van der Waals surface area (Å²) in [6, 6.07) is 3.55. The number of carbonyl (C=O) groups excluding carboxylic acids is 1. The Hall–Kier alpha value is -1.44. The summed E-state index contributed by atoms with van der Waals surface area (Å²) < 4.78 is 6.09. The Morgan fingerprint density at radius 2 is 2.23 bits per heavy atom. The molecular weight excluding hydrogens is 342 g/mol. The first-order valence-corrected chi connectivity index (χ1v) is 8.24. The van der Waals surface area contributed by atoms with Crippen molar-refractivity contribution in [1.82, 2.24) is 10.3 Å². The quantitative estimate of drug-likeness (QED) is 0.814. The molecule has 1 heterocycles. The number of benzene rings is 1. The van der Waals surface area contributed by atoms with Crippen molar-refractivity contribution in [1.29, 1.82) is 0 Å². The van der Waals surface area contributed by atoms with Gasteiger partial charge in [0.25, 0.3) is 0 Å². The van der Waals surface area contributed by atoms with Crippen molar-refractivity contribution >= 4 is 61.5 Å². The van der Waals surface area contributed by atoms with Crippen molar-refractivity contribution in [3.8, 4) is 5.75 Å². The number of hydrogen-bond donors (Lipinski definition) is 2. The molecular formula is C14H16ClN3O2S2. The van der Waals surface area contributed by atoms with E-state index in [2.05, 4.69) is 15.6 Å². The zero-order valence-corrected chi connectivity index (χ0v) is 14.8. The first kappa shape index (κ1) is 16.9. The lowest BCUT2D eigenvalue weighted by atomic mass is 10.1. The van der Waals surface area contributed by atoms with E-state index in [1.807, 2.05) is 19.9 Å². The molecule has 0 saturated heterocycles. The maximum Gasteiger partial charge on any atom is 0.226 e. The molecule has 0 radical (unpaired) electrons. The summed E-state index contributed by atoms with van der Waals surface area (Å²) in [5.74, 6) is 0.760. The van der Waals surface area contributed by atoms with E-state index < -0.39 is 0 Å². The zero-order valence-electron chi connectivity index (χ0n) is 12.4. The van der Waals surface area contributed by atoms with Gasteiger partial charge in [0.2, 0.25) is 5.91 Å². The number of carbonyl (C=O) groups is 1. The van der Waals surface area contributed by atoms with E-state index >= 15 is 0 Å². The van der Waals surface area contributed by atoms with E-state index in [1.54, 1.807) is 13.2 Å². The topological polar surface area (TPSA) is 63.2 Å². The molecule has 0 aliphatic heterocycles. The van der Waals surface area contributed by atoms with Crippen molar-refractivity contribution in [3.05, 3.63) is 17.2 Å². The number of fused-ring (bicyclic) bond motifs is 1. The minimum atomic E-state index is -0.113. The number of ether oxygens (including phenoxy) is 1. The van der Waals surface area contributed by atoms with Crippen molar-refractivity contribution < 1.29 is 9.53 Å². The second kappa shape index (κ2) is 7.21. The third kappa shape index (κ3) is 4.28. The summed E-state index contributed by atoms with van der Waals surface area (Å²) in [7, 11) is 1.56. The molecule has 0 bridgehead atoms. The molecule has 2 aromatic rings. The van der Waals surface area contributed by atoms with E-state index in [0.29, 0.717) is 22.3 Å². The number of amides is 1. The van der Waals surface area contributed by atoms with Gasteiger partial charge in [-0.05, 0) is 24.2 Å². The normalized spacial score (nSPS) is 10.8. The molecule has 0 unspecified atom stereocenters. The summed E-state index contributed by atoms with van der Waals surface area (Å²) in [6.45, 7) is 3.95. The maximum atomic E-state index is 11.7. The fraction of sp³-hybridized carbons (Fsp3) is 0.357. The van der Waals surface area contributed by atoms with Gasteiger partial charge in [-0.2, -0.15) is 0 Å². The second-order valence-corrected chi connectivity index (χ2v) is 6.92. The number of halogens is 1. The van der Waals surface area contributed by atoms with Crippen LogP contribution in [0.15, 0.2) is 12.1 Å². The minimum absolute atomic E-state index is 0.113. The van der Waals surface area contributed by atoms with Crippen LogP contribution in [0.1, 0.15) is 20.3 Å². The number of rotatable bonds is 4. The number of anilines is 1. The molecule has 1 aromatic heterocycles. The van der Waals surface area contributed by atoms with Crippen molar-refractivity contribution in [3.63, 3.8) is 0 Å². The molecule has 8 heteroatoms. The Labute approximate surface area is 143 Å². The number of hydrogen-bond acceptors (Lipinski definition) is 5. The largest absolute Gasteiger partial charge is 0.495 e. The molecule has 0 aliphatic carbocycles. The van der Waals surface area contributed by atoms with Gasteiger partial charge in [0.05, 0.1) is 22.3 Å². The number of thiazole rings is 1. The number of methoxy groups -OCH3 is 1. The van der Waals surface area contributed by atoms with Crippen LogP contribution in [0.3, 0.4) is 0 Å². The Balaban J connectivity index is 2.08. The van der Waals surface area contributed by atoms with Gasteiger partial charge in [-0.15, -0.1) is 0 Å². The van der Waals surface area contributed by atoms with Crippen LogP contribution in [0.25, 0.3) is 10.2 Å². The first-order chi connectivity index (χ1) is 10.4. The summed E-state index contributed by atoms with van der Waals surface area (Å²) in [5.41, 5.74) is 0.745. The number of aromatic nitrogens is 1. The number of nitrogens with one attached hydrogen (secondary N) is 2. The Morgan fingerprint density at radius 1 is 1.50 bits per heavy atom. The summed E-state index contributed by atoms with van der Waals surface area (Å²) in [5, 5.41) is 6.88. The molecule has 0 fully saturated rings. The standard InChI is InChI=1S/C14H16ClN3O2S2/c1-7(2)4-12(19)17-13(21)18-14-16-9-5-8(15)10(20-3)6-11(9)22-14/h5-7H,4H2,1-3H3,(H2,16,17,18,19,21). The summed E-state index contributed by atoms with van der Waals surface area (Å²) >= 11 is 12.6. The highest BCUT2D eigenvalue weighted by molar-refractivity contribution is 7.80. The molecule has 5 nitrogen and oxygen atoms in total. The molecule has 1 aromatic carbocycles. The SMILES string of the molecule is COc1cc2sc(NC(=S)NC(=O)CC(C)C)nc2cc1Cl. The molecule has 0 aliphatic rings. The van der Waals surface area contributed by atoms with Crippen LogP contribution in [-0.2, 0) is 4.79 Å². The lowest BCUT2D eigenvalue weighted by molar-refractivity contribution is -0.120. The van der Waals surface area contributed by atoms with Crippen LogP contribution < -0.4 is 15.4 Å². The highest BCUT2D eigenvalue weighted by Crippen LogP contribution is 2.34. The number of thiocarbonyl (C=S) groups is 1. The lowest BCUT2D eigenvalue weighted by Gasteiger charge is -2.08. The highest BCUT2D eigenvalue weighted by Gasteiger charge is 2.11. The molecule has 0 saturated carbocycles. The molecule has 0 atom stereocenters. The van der Waals surface area contributed by atoms with Crippen LogP contribution in [0.2, 0.25) is 5.02 Å². The third-order valence-electron chi connectivity index (χ3n) is 2.73. The monoisotopic (exact) mass is 357 g/mol. The Bertz CT molecular complexity index is 715. The first-order valence-electron chi connectivity index (χ1n) is 6.64. The third-order valence-corrected chi connectivity index (χ3v) is 4.16. The van der Waals surface area contributed by atoms with E-state index in [-0.39, 0.29) is 16.9 Å². The predicted molar refractivity (Wildman–Crippen MR) is 95.0 cm³/mol. The minimum Gasteiger partial charge on any atom is -0.495 e. The van der Waals surface area contributed by atoms with Crippen LogP contribution in [-0.4, -0.2) is 23.1 Å². The molecule has 2 rings (SSSR count). The van der Waals surface area contributed by atoms with Gasteiger partial charge in [-0.3, -0.25) is 4.79 Å². The molecule has 2 N–H and O–H groups in total. The fourth-order valence-electron chi connectivity index (χ4n) is 1.82. The summed E-state index contributed by atoms with van der Waals surface area (Å²) in [6.07, 6.45) is 0.425. The lowest BCUT2D eigenvalue weighted by Crippen LogP contribution is -2.34. The van der Waals surface area contributed by atoms with E-state index in [0.717, 1.165) is 10.2 Å². The fourth-order valence-corrected chi connectivity index (χ4v) is 3.21. The van der Waals surface area contributed by atoms with E-state index in [1.165, 1.54) is 11.3 Å². The maximum absolute atomic E-state index is 11.7. The predicted octanol–water partition coefficient (Wildman–Crippen LogP) is 3.82. The van der Waals surface area contributed by atoms with Crippen LogP contribution in [0.5, 0.6) is 5.75 Å². The van der Waals surface area contributed by atoms with E-state index in [4.69, 9.17) is 28.6 Å². The van der Waals surface area contributed by atoms with Crippen LogP contribution in [0, 0.1) is 5.92 Å². The van der Waals surface area contributed by atoms with Gasteiger partial charge in [0.15, 0.2) is 10.2 Å². The van der Waals surface area contributed by atoms with Gasteiger partial charge in [-0.1, -0.05) is 36.8 Å². The van der Waals surface area contributed by atoms with Gasteiger partial charge >= 0.3 is 0 Å². The smallest absolute Gasteiger partial charge is 0.226 e. The summed E-state index contributed by atoms with van der Waals surface area (Å²) in [4.78, 5) is 16.1. The van der Waals surface area contributed by atoms with Crippen LogP contribution in [0.4, 0.5) is 5.13 Å². The van der Waals surface area contributed by atoms with Crippen molar-refractivity contribution in [2.45, 2.75) is 20.3 Å². The molecule has 1 amide bonds. The average Bonchev–Trinajstić information content (AvgIpc) is 2.77. The van der Waals surface area contributed by atoms with E-state index in [9.17, 15) is 4.79 Å². The van der Waals surface area contributed by atoms with Gasteiger partial charge in [0.1, 0.15) is 5.75 Å². The number of nitrogens with zero attached hydrogens (tertiary/aromatic N) is 1. The average molecular weight is 358 g/mol. The van der Waals surface area contributed by atoms with Gasteiger partial charge < -0.3 is 15.4 Å². The zero-order chi connectivity index (χ0) is 16.3. The van der Waals surface area contributed by atoms with Crippen LogP contribution >= 0.6 is 35.2 Å². The Morgan fingerprint density at radius 3 is 2.86 bits per heavy atom. The van der Waals surface area contributed by atoms with Crippen molar-refractivity contribution in [2.24, 2.45) is 5.92 Å². The Kier molecular flexibility index (Phi) is 5.55. The van der Waals surface area contributed by atoms with Crippen molar-refractivity contribution in [2.75, 3.05) is 12.4 Å². The molecule has 118 valence electrons. The highest BCUT2D eigenvalue weighted by atomic mass is 35.5.